The second-order valence-electron chi connectivity index (χ2n) is 4.80. The van der Waals surface area contributed by atoms with E-state index in [1.54, 1.807) is 12.1 Å². The highest BCUT2D eigenvalue weighted by Gasteiger charge is 2.21. The monoisotopic (exact) mass is 283 g/mol. The van der Waals surface area contributed by atoms with Gasteiger partial charge in [-0.25, -0.2) is 10.8 Å². The number of nitrogens with two attached hydrogens (primary N) is 1. The summed E-state index contributed by atoms with van der Waals surface area (Å²) in [6.07, 6.45) is 1.10. The standard InChI is InChI=1S/C12H18ClN5O/c1-18-5-4-8(7-18)6-15-12(19)11-9(13)2-3-10(16-11)17-14/h2-3,8H,4-7,14H2,1H3,(H,15,19)(H,16,17). The number of nitrogens with zero attached hydrogens (tertiary/aromatic N) is 2. The molecule has 1 aromatic rings. The van der Waals surface area contributed by atoms with E-state index < -0.39 is 0 Å². The number of pyridine rings is 1. The molecule has 2 heterocycles. The van der Waals surface area contributed by atoms with E-state index in [1.165, 1.54) is 0 Å². The maximum absolute atomic E-state index is 12.0. The first-order valence-electron chi connectivity index (χ1n) is 6.20. The van der Waals surface area contributed by atoms with Crippen molar-refractivity contribution in [3.8, 4) is 0 Å². The van der Waals surface area contributed by atoms with Gasteiger partial charge >= 0.3 is 0 Å². The molecule has 4 N–H and O–H groups in total. The van der Waals surface area contributed by atoms with Gasteiger partial charge in [-0.2, -0.15) is 0 Å². The summed E-state index contributed by atoms with van der Waals surface area (Å²) >= 11 is 5.97. The largest absolute Gasteiger partial charge is 0.350 e. The predicted molar refractivity (Wildman–Crippen MR) is 75.0 cm³/mol. The highest BCUT2D eigenvalue weighted by molar-refractivity contribution is 6.33. The number of halogens is 1. The fourth-order valence-electron chi connectivity index (χ4n) is 2.20. The second kappa shape index (κ2) is 6.18. The molecule has 1 aliphatic rings. The molecule has 1 atom stereocenters. The third-order valence-corrected chi connectivity index (χ3v) is 3.55. The Morgan fingerprint density at radius 2 is 2.42 bits per heavy atom. The van der Waals surface area contributed by atoms with E-state index in [2.05, 4.69) is 27.7 Å². The number of rotatable bonds is 4. The molecule has 0 saturated carbocycles. The normalized spacial score (nSPS) is 19.4. The van der Waals surface area contributed by atoms with Gasteiger partial charge in [-0.15, -0.1) is 0 Å². The van der Waals surface area contributed by atoms with Crippen LogP contribution in [0.1, 0.15) is 16.9 Å². The minimum atomic E-state index is -0.267. The molecule has 104 valence electrons. The van der Waals surface area contributed by atoms with Gasteiger partial charge in [0.25, 0.3) is 5.91 Å². The van der Waals surface area contributed by atoms with E-state index in [0.29, 0.717) is 23.3 Å². The van der Waals surface area contributed by atoms with Crippen LogP contribution in [0.15, 0.2) is 12.1 Å². The number of likely N-dealkylation sites (tertiary alicyclic amines) is 1. The summed E-state index contributed by atoms with van der Waals surface area (Å²) in [6.45, 7) is 2.72. The molecule has 7 heteroatoms. The van der Waals surface area contributed by atoms with Crippen molar-refractivity contribution in [2.24, 2.45) is 11.8 Å². The van der Waals surface area contributed by atoms with Crippen LogP contribution in [-0.4, -0.2) is 42.5 Å². The van der Waals surface area contributed by atoms with Crippen molar-refractivity contribution in [1.82, 2.24) is 15.2 Å². The number of carbonyl (C=O) groups excluding carboxylic acids is 1. The quantitative estimate of drug-likeness (QED) is 0.560. The van der Waals surface area contributed by atoms with Crippen molar-refractivity contribution < 1.29 is 4.79 Å². The zero-order valence-corrected chi connectivity index (χ0v) is 11.6. The van der Waals surface area contributed by atoms with Crippen molar-refractivity contribution in [2.45, 2.75) is 6.42 Å². The number of hydrazine groups is 1. The number of anilines is 1. The van der Waals surface area contributed by atoms with Crippen LogP contribution in [0.3, 0.4) is 0 Å². The Labute approximate surface area is 117 Å². The molecule has 1 saturated heterocycles. The minimum absolute atomic E-state index is 0.198. The molecule has 1 fully saturated rings. The molecule has 6 nitrogen and oxygen atoms in total. The van der Waals surface area contributed by atoms with Crippen molar-refractivity contribution in [3.63, 3.8) is 0 Å². The van der Waals surface area contributed by atoms with E-state index in [4.69, 9.17) is 17.4 Å². The van der Waals surface area contributed by atoms with Gasteiger partial charge in [0.15, 0.2) is 0 Å². The van der Waals surface area contributed by atoms with E-state index >= 15 is 0 Å². The number of amides is 1. The van der Waals surface area contributed by atoms with Crippen LogP contribution in [0.5, 0.6) is 0 Å². The van der Waals surface area contributed by atoms with Crippen LogP contribution in [-0.2, 0) is 0 Å². The number of hydrogen-bond acceptors (Lipinski definition) is 5. The summed E-state index contributed by atoms with van der Waals surface area (Å²) in [5.41, 5.74) is 2.59. The van der Waals surface area contributed by atoms with E-state index in [-0.39, 0.29) is 11.6 Å². The van der Waals surface area contributed by atoms with Gasteiger partial charge in [-0.05, 0) is 38.1 Å². The van der Waals surface area contributed by atoms with E-state index in [0.717, 1.165) is 19.5 Å². The van der Waals surface area contributed by atoms with Crippen molar-refractivity contribution in [3.05, 3.63) is 22.8 Å². The lowest BCUT2D eigenvalue weighted by Gasteiger charge is -2.12. The molecule has 1 unspecified atom stereocenters. The first-order valence-corrected chi connectivity index (χ1v) is 6.58. The van der Waals surface area contributed by atoms with Crippen molar-refractivity contribution in [2.75, 3.05) is 32.1 Å². The first-order chi connectivity index (χ1) is 9.10. The summed E-state index contributed by atoms with van der Waals surface area (Å²) < 4.78 is 0. The van der Waals surface area contributed by atoms with Crippen LogP contribution in [0, 0.1) is 5.92 Å². The van der Waals surface area contributed by atoms with Gasteiger partial charge in [0, 0.05) is 13.1 Å². The highest BCUT2D eigenvalue weighted by atomic mass is 35.5. The molecule has 2 rings (SSSR count). The third-order valence-electron chi connectivity index (χ3n) is 3.25. The number of aromatic nitrogens is 1. The fraction of sp³-hybridized carbons (Fsp3) is 0.500. The summed E-state index contributed by atoms with van der Waals surface area (Å²) in [4.78, 5) is 18.3. The molecule has 19 heavy (non-hydrogen) atoms. The zero-order chi connectivity index (χ0) is 13.8. The smallest absolute Gasteiger partial charge is 0.271 e. The molecule has 0 spiro atoms. The van der Waals surface area contributed by atoms with Gasteiger partial charge in [-0.1, -0.05) is 11.6 Å². The Balaban J connectivity index is 1.96. The summed E-state index contributed by atoms with van der Waals surface area (Å²) in [5, 5.41) is 3.19. The maximum Gasteiger partial charge on any atom is 0.271 e. The van der Waals surface area contributed by atoms with Gasteiger partial charge in [0.2, 0.25) is 0 Å². The Morgan fingerprint density at radius 1 is 1.63 bits per heavy atom. The van der Waals surface area contributed by atoms with Crippen LogP contribution in [0.2, 0.25) is 5.02 Å². The van der Waals surface area contributed by atoms with Crippen LogP contribution in [0.25, 0.3) is 0 Å². The maximum atomic E-state index is 12.0. The van der Waals surface area contributed by atoms with E-state index in [1.807, 2.05) is 0 Å². The average Bonchev–Trinajstić information content (AvgIpc) is 2.82. The molecular weight excluding hydrogens is 266 g/mol. The molecule has 1 amide bonds. The van der Waals surface area contributed by atoms with E-state index in [9.17, 15) is 4.79 Å². The van der Waals surface area contributed by atoms with Crippen LogP contribution in [0.4, 0.5) is 5.82 Å². The Kier molecular flexibility index (Phi) is 4.57. The third kappa shape index (κ3) is 3.56. The second-order valence-corrected chi connectivity index (χ2v) is 5.21. The number of carbonyl (C=O) groups is 1. The minimum Gasteiger partial charge on any atom is -0.350 e. The number of nitrogens with one attached hydrogen (secondary N) is 2. The molecular formula is C12H18ClN5O. The molecule has 1 aromatic heterocycles. The van der Waals surface area contributed by atoms with Gasteiger partial charge < -0.3 is 15.6 Å². The first kappa shape index (κ1) is 14.0. The van der Waals surface area contributed by atoms with Gasteiger partial charge in [-0.3, -0.25) is 4.79 Å². The lowest BCUT2D eigenvalue weighted by molar-refractivity contribution is 0.0943. The van der Waals surface area contributed by atoms with Crippen molar-refractivity contribution >= 4 is 23.3 Å². The molecule has 1 aliphatic heterocycles. The summed E-state index contributed by atoms with van der Waals surface area (Å²) in [6, 6.07) is 3.22. The topological polar surface area (TPSA) is 83.3 Å². The molecule has 0 aromatic carbocycles. The summed E-state index contributed by atoms with van der Waals surface area (Å²) in [7, 11) is 2.08. The Morgan fingerprint density at radius 3 is 3.05 bits per heavy atom. The van der Waals surface area contributed by atoms with Crippen LogP contribution >= 0.6 is 11.6 Å². The molecule has 0 radical (unpaired) electrons. The SMILES string of the molecule is CN1CCC(CNC(=O)c2nc(NN)ccc2Cl)C1. The Hall–Kier alpha value is -1.37. The lowest BCUT2D eigenvalue weighted by Crippen LogP contribution is -2.31. The van der Waals surface area contributed by atoms with Gasteiger partial charge in [0.05, 0.1) is 5.02 Å². The Bertz CT molecular complexity index is 467. The number of nitrogen functional groups attached to an aromatic ring is 1. The molecule has 0 bridgehead atoms. The predicted octanol–water partition coefficient (Wildman–Crippen LogP) is 0.702. The van der Waals surface area contributed by atoms with Gasteiger partial charge in [0.1, 0.15) is 11.5 Å². The zero-order valence-electron chi connectivity index (χ0n) is 10.8. The average molecular weight is 284 g/mol. The lowest BCUT2D eigenvalue weighted by atomic mass is 10.1. The fourth-order valence-corrected chi connectivity index (χ4v) is 2.39. The van der Waals surface area contributed by atoms with Crippen molar-refractivity contribution in [1.29, 1.82) is 0 Å². The molecule has 0 aliphatic carbocycles. The summed E-state index contributed by atoms with van der Waals surface area (Å²) in [5.74, 6) is 5.90. The number of hydrogen-bond donors (Lipinski definition) is 3. The van der Waals surface area contributed by atoms with Crippen LogP contribution < -0.4 is 16.6 Å². The highest BCUT2D eigenvalue weighted by Crippen LogP contribution is 2.17.